The third-order valence-electron chi connectivity index (χ3n) is 7.36. The molecule has 11 heteroatoms. The van der Waals surface area contributed by atoms with E-state index in [1.54, 1.807) is 30.9 Å². The summed E-state index contributed by atoms with van der Waals surface area (Å²) < 4.78 is 9.51. The van der Waals surface area contributed by atoms with Gasteiger partial charge in [-0.2, -0.15) is 4.98 Å². The van der Waals surface area contributed by atoms with E-state index in [2.05, 4.69) is 20.1 Å². The lowest BCUT2D eigenvalue weighted by Crippen LogP contribution is -2.43. The Morgan fingerprint density at radius 2 is 1.73 bits per heavy atom. The van der Waals surface area contributed by atoms with E-state index in [4.69, 9.17) is 16.3 Å². The van der Waals surface area contributed by atoms with E-state index in [9.17, 15) is 15.3 Å². The van der Waals surface area contributed by atoms with Crippen molar-refractivity contribution in [1.29, 1.82) is 0 Å². The average molecular weight is 576 g/mol. The third-order valence-corrected chi connectivity index (χ3v) is 7.65. The van der Waals surface area contributed by atoms with Crippen LogP contribution in [0.5, 0.6) is 6.01 Å². The molecule has 41 heavy (non-hydrogen) atoms. The minimum Gasteiger partial charge on any atom is -0.459 e. The van der Waals surface area contributed by atoms with Crippen molar-refractivity contribution in [2.45, 2.75) is 51.0 Å². The molecule has 4 N–H and O–H groups in total. The fourth-order valence-corrected chi connectivity index (χ4v) is 5.52. The van der Waals surface area contributed by atoms with Crippen LogP contribution in [0.15, 0.2) is 67.3 Å². The lowest BCUT2D eigenvalue weighted by molar-refractivity contribution is -0.709. The summed E-state index contributed by atoms with van der Waals surface area (Å²) in [4.78, 5) is 12.2. The third kappa shape index (κ3) is 5.82. The second kappa shape index (κ2) is 10.9. The molecule has 0 spiro atoms. The molecule has 0 saturated heterocycles. The Bertz CT molecular complexity index is 1660. The van der Waals surface area contributed by atoms with Crippen LogP contribution >= 0.6 is 11.6 Å². The SMILES string of the molecule is CC(C)(O)C[n+]1cnn(-c2ccc(-c3ccc(-c4nc5nc(O[C@@H]6CC[C@H](CO)[C@H]6O)[nH]c5cc4Cl)cc3)cc2)c1. The molecular weight excluding hydrogens is 544 g/mol. The number of ether oxygens (including phenoxy) is 1. The highest BCUT2D eigenvalue weighted by Gasteiger charge is 2.36. The molecule has 0 amide bonds. The van der Waals surface area contributed by atoms with E-state index in [0.29, 0.717) is 41.3 Å². The predicted molar refractivity (Wildman–Crippen MR) is 154 cm³/mol. The Morgan fingerprint density at radius 3 is 2.39 bits per heavy atom. The Morgan fingerprint density at radius 1 is 1.05 bits per heavy atom. The molecule has 3 atom stereocenters. The zero-order valence-corrected chi connectivity index (χ0v) is 23.5. The summed E-state index contributed by atoms with van der Waals surface area (Å²) in [5.41, 5.74) is 4.76. The zero-order valence-electron chi connectivity index (χ0n) is 22.8. The molecule has 1 saturated carbocycles. The monoisotopic (exact) mass is 575 g/mol. The first-order valence-corrected chi connectivity index (χ1v) is 13.9. The van der Waals surface area contributed by atoms with Gasteiger partial charge in [-0.1, -0.05) is 52.7 Å². The number of hydrogen-bond donors (Lipinski definition) is 4. The second-order valence-electron chi connectivity index (χ2n) is 11.2. The van der Waals surface area contributed by atoms with Crippen molar-refractivity contribution in [3.05, 3.63) is 72.3 Å². The number of aliphatic hydroxyl groups excluding tert-OH is 2. The Kier molecular flexibility index (Phi) is 7.25. The van der Waals surface area contributed by atoms with Gasteiger partial charge in [0, 0.05) is 23.2 Å². The molecule has 0 aliphatic heterocycles. The summed E-state index contributed by atoms with van der Waals surface area (Å²) in [7, 11) is 0. The number of aliphatic hydroxyl groups is 3. The molecule has 0 bridgehead atoms. The van der Waals surface area contributed by atoms with Crippen molar-refractivity contribution in [3.8, 4) is 34.1 Å². The van der Waals surface area contributed by atoms with Crippen LogP contribution in [-0.2, 0) is 6.54 Å². The standard InChI is InChI=1S/C30H32ClN6O4/c1-30(2,40)15-36-16-32-37(17-36)22-10-7-19(8-11-22)18-3-5-20(6-4-18)26-23(31)13-24-28(34-26)35-29(33-24)41-25-12-9-21(14-38)27(25)39/h3-8,10-11,13,16-17,21,25,27,38-40H,9,12,14-15H2,1-2H3,(H,33,34,35)/q+1/t21-,25-,27-/m1/s1. The zero-order chi connectivity index (χ0) is 28.7. The number of fused-ring (bicyclic) bond motifs is 1. The van der Waals surface area contributed by atoms with Crippen LogP contribution in [0, 0.1) is 5.92 Å². The van der Waals surface area contributed by atoms with E-state index in [0.717, 1.165) is 22.4 Å². The van der Waals surface area contributed by atoms with E-state index in [1.165, 1.54) is 0 Å². The maximum atomic E-state index is 10.4. The summed E-state index contributed by atoms with van der Waals surface area (Å²) in [5, 5.41) is 34.7. The quantitative estimate of drug-likeness (QED) is 0.207. The van der Waals surface area contributed by atoms with Gasteiger partial charge in [0.05, 0.1) is 34.5 Å². The van der Waals surface area contributed by atoms with E-state index in [1.807, 2.05) is 59.4 Å². The van der Waals surface area contributed by atoms with Crippen LogP contribution in [0.3, 0.4) is 0 Å². The predicted octanol–water partition coefficient (Wildman–Crippen LogP) is 3.70. The van der Waals surface area contributed by atoms with Gasteiger partial charge in [0.2, 0.25) is 6.33 Å². The molecule has 3 heterocycles. The van der Waals surface area contributed by atoms with Crippen LogP contribution in [0.1, 0.15) is 26.7 Å². The van der Waals surface area contributed by atoms with Gasteiger partial charge < -0.3 is 25.0 Å². The van der Waals surface area contributed by atoms with Crippen LogP contribution in [0.4, 0.5) is 0 Å². The van der Waals surface area contributed by atoms with Gasteiger partial charge in [0.15, 0.2) is 5.65 Å². The first-order chi connectivity index (χ1) is 19.7. The lowest BCUT2D eigenvalue weighted by atomic mass is 10.0. The minimum atomic E-state index is -0.819. The number of imidazole rings is 1. The number of rotatable bonds is 8. The van der Waals surface area contributed by atoms with Crippen LogP contribution in [0.2, 0.25) is 5.02 Å². The molecule has 6 rings (SSSR count). The molecule has 0 unspecified atom stereocenters. The molecule has 2 aromatic carbocycles. The summed E-state index contributed by atoms with van der Waals surface area (Å²) in [5.74, 6) is -0.182. The van der Waals surface area contributed by atoms with Crippen molar-refractivity contribution in [2.75, 3.05) is 6.61 Å². The van der Waals surface area contributed by atoms with E-state index >= 15 is 0 Å². The normalized spacial score (nSPS) is 19.2. The fraction of sp³-hybridized carbons (Fsp3) is 0.333. The highest BCUT2D eigenvalue weighted by atomic mass is 35.5. The van der Waals surface area contributed by atoms with Crippen LogP contribution < -0.4 is 9.30 Å². The number of nitrogens with zero attached hydrogens (tertiary/aromatic N) is 5. The van der Waals surface area contributed by atoms with Gasteiger partial charge in [-0.15, -0.1) is 0 Å². The number of aromatic nitrogens is 6. The molecule has 1 fully saturated rings. The number of hydrogen-bond acceptors (Lipinski definition) is 7. The van der Waals surface area contributed by atoms with Crippen molar-refractivity contribution in [1.82, 2.24) is 24.7 Å². The fourth-order valence-electron chi connectivity index (χ4n) is 5.26. The summed E-state index contributed by atoms with van der Waals surface area (Å²) in [6.45, 7) is 3.92. The first kappa shape index (κ1) is 27.3. The Hall–Kier alpha value is -3.83. The second-order valence-corrected chi connectivity index (χ2v) is 11.6. The molecule has 0 radical (unpaired) electrons. The van der Waals surface area contributed by atoms with Crippen molar-refractivity contribution in [3.63, 3.8) is 0 Å². The Balaban J connectivity index is 1.17. The van der Waals surface area contributed by atoms with E-state index in [-0.39, 0.29) is 18.5 Å². The molecule has 10 nitrogen and oxygen atoms in total. The highest BCUT2D eigenvalue weighted by molar-refractivity contribution is 6.33. The number of halogens is 1. The van der Waals surface area contributed by atoms with Crippen LogP contribution in [0.25, 0.3) is 39.2 Å². The molecule has 1 aliphatic rings. The van der Waals surface area contributed by atoms with Crippen molar-refractivity contribution in [2.24, 2.45) is 5.92 Å². The highest BCUT2D eigenvalue weighted by Crippen LogP contribution is 2.33. The number of benzene rings is 2. The largest absolute Gasteiger partial charge is 0.459 e. The molecule has 5 aromatic rings. The van der Waals surface area contributed by atoms with Crippen molar-refractivity contribution >= 4 is 22.8 Å². The van der Waals surface area contributed by atoms with Gasteiger partial charge in [0.25, 0.3) is 12.3 Å². The van der Waals surface area contributed by atoms with Crippen LogP contribution in [-0.4, -0.2) is 64.5 Å². The maximum absolute atomic E-state index is 10.4. The first-order valence-electron chi connectivity index (χ1n) is 13.6. The summed E-state index contributed by atoms with van der Waals surface area (Å²) in [6.07, 6.45) is 3.73. The molecule has 212 valence electrons. The van der Waals surface area contributed by atoms with Gasteiger partial charge in [-0.05, 0) is 56.0 Å². The summed E-state index contributed by atoms with van der Waals surface area (Å²) >= 11 is 6.61. The lowest BCUT2D eigenvalue weighted by Gasteiger charge is -2.17. The summed E-state index contributed by atoms with van der Waals surface area (Å²) in [6, 6.07) is 18.1. The number of H-pyrrole nitrogens is 1. The molecule has 1 aliphatic carbocycles. The van der Waals surface area contributed by atoms with Gasteiger partial charge in [-0.3, -0.25) is 0 Å². The Labute approximate surface area is 241 Å². The maximum Gasteiger partial charge on any atom is 0.296 e. The molecule has 3 aromatic heterocycles. The van der Waals surface area contributed by atoms with Gasteiger partial charge >= 0.3 is 0 Å². The topological polar surface area (TPSA) is 133 Å². The number of pyridine rings is 1. The molecular formula is C30H32ClN6O4+. The van der Waals surface area contributed by atoms with Crippen molar-refractivity contribution < 1.29 is 24.6 Å². The smallest absolute Gasteiger partial charge is 0.296 e. The van der Waals surface area contributed by atoms with Gasteiger partial charge in [0.1, 0.15) is 11.8 Å². The van der Waals surface area contributed by atoms with E-state index < -0.39 is 17.8 Å². The minimum absolute atomic E-state index is 0.0676. The average Bonchev–Trinajstić information content (AvgIpc) is 3.66. The van der Waals surface area contributed by atoms with Gasteiger partial charge in [-0.25, -0.2) is 9.55 Å². The number of aromatic amines is 1. The number of nitrogens with one attached hydrogen (secondary N) is 1.